The number of piperidine rings is 1. The number of nitrogens with zero attached hydrogens (tertiary/aromatic N) is 6. The second-order valence-corrected chi connectivity index (χ2v) is 10.7. The van der Waals surface area contributed by atoms with Crippen molar-refractivity contribution < 1.29 is 23.5 Å². The highest BCUT2D eigenvalue weighted by atomic mass is 19.3. The highest BCUT2D eigenvalue weighted by Gasteiger charge is 2.41. The SMILES string of the molecule is O=C(c1ccc(-n2ncc3c(=O)n(CC4(O)CCN(C(=O)C5CC5)CC4)cnc32)cc1)N1CCC(F)(F)C1. The lowest BCUT2D eigenvalue weighted by atomic mass is 9.91. The van der Waals surface area contributed by atoms with Gasteiger partial charge in [0.25, 0.3) is 17.4 Å². The smallest absolute Gasteiger partial charge is 0.267 e. The minimum Gasteiger partial charge on any atom is -0.388 e. The highest BCUT2D eigenvalue weighted by molar-refractivity contribution is 5.94. The minimum atomic E-state index is -2.86. The molecule has 12 heteroatoms. The van der Waals surface area contributed by atoms with E-state index >= 15 is 0 Å². The van der Waals surface area contributed by atoms with Gasteiger partial charge in [-0.2, -0.15) is 5.10 Å². The molecule has 1 saturated carbocycles. The Kier molecular flexibility index (Phi) is 5.82. The van der Waals surface area contributed by atoms with E-state index in [1.165, 1.54) is 21.8 Å². The fourth-order valence-electron chi connectivity index (χ4n) is 5.29. The Bertz CT molecular complexity index is 1450. The van der Waals surface area contributed by atoms with Gasteiger partial charge in [0, 0.05) is 37.5 Å². The Morgan fingerprint density at radius 1 is 1.03 bits per heavy atom. The highest BCUT2D eigenvalue weighted by Crippen LogP contribution is 2.33. The Hall–Kier alpha value is -3.67. The van der Waals surface area contributed by atoms with E-state index in [-0.39, 0.29) is 47.8 Å². The van der Waals surface area contributed by atoms with Gasteiger partial charge >= 0.3 is 0 Å². The van der Waals surface area contributed by atoms with Gasteiger partial charge in [-0.25, -0.2) is 18.4 Å². The summed E-state index contributed by atoms with van der Waals surface area (Å²) in [6.07, 6.45) is 5.11. The normalized spacial score (nSPS) is 20.7. The molecule has 0 bridgehead atoms. The number of halogens is 2. The van der Waals surface area contributed by atoms with Gasteiger partial charge in [0.15, 0.2) is 5.65 Å². The van der Waals surface area contributed by atoms with Crippen LogP contribution in [0.5, 0.6) is 0 Å². The van der Waals surface area contributed by atoms with E-state index < -0.39 is 24.0 Å². The van der Waals surface area contributed by atoms with E-state index in [4.69, 9.17) is 0 Å². The number of hydrogen-bond acceptors (Lipinski definition) is 6. The molecule has 3 aromatic rings. The van der Waals surface area contributed by atoms with E-state index in [1.54, 1.807) is 29.2 Å². The second-order valence-electron chi connectivity index (χ2n) is 10.7. The maximum absolute atomic E-state index is 13.5. The van der Waals surface area contributed by atoms with Gasteiger partial charge in [-0.3, -0.25) is 19.0 Å². The maximum Gasteiger partial charge on any atom is 0.267 e. The number of alkyl halides is 2. The molecule has 2 aromatic heterocycles. The average Bonchev–Trinajstić information content (AvgIpc) is 3.56. The number of carbonyl (C=O) groups excluding carboxylic acids is 2. The summed E-state index contributed by atoms with van der Waals surface area (Å²) in [6.45, 7) is 0.427. The molecule has 0 radical (unpaired) electrons. The first kappa shape index (κ1) is 24.7. The van der Waals surface area contributed by atoms with Gasteiger partial charge in [0.2, 0.25) is 5.91 Å². The van der Waals surface area contributed by atoms with Crippen molar-refractivity contribution in [3.63, 3.8) is 0 Å². The molecular weight excluding hydrogens is 498 g/mol. The fraction of sp³-hybridized carbons (Fsp3) is 0.500. The molecule has 0 unspecified atom stereocenters. The van der Waals surface area contributed by atoms with Crippen LogP contribution in [0.4, 0.5) is 8.78 Å². The van der Waals surface area contributed by atoms with Gasteiger partial charge in [-0.05, 0) is 49.9 Å². The lowest BCUT2D eigenvalue weighted by molar-refractivity contribution is -0.137. The molecule has 3 fully saturated rings. The van der Waals surface area contributed by atoms with Crippen molar-refractivity contribution >= 4 is 22.8 Å². The summed E-state index contributed by atoms with van der Waals surface area (Å²) in [7, 11) is 0. The largest absolute Gasteiger partial charge is 0.388 e. The number of fused-ring (bicyclic) bond motifs is 1. The third kappa shape index (κ3) is 4.57. The molecule has 1 aromatic carbocycles. The van der Waals surface area contributed by atoms with Crippen molar-refractivity contribution in [2.75, 3.05) is 26.2 Å². The zero-order valence-electron chi connectivity index (χ0n) is 20.7. The van der Waals surface area contributed by atoms with Crippen LogP contribution in [0, 0.1) is 5.92 Å². The molecule has 2 saturated heterocycles. The predicted octanol–water partition coefficient (Wildman–Crippen LogP) is 1.83. The number of carbonyl (C=O) groups is 2. The molecule has 6 rings (SSSR count). The number of aliphatic hydroxyl groups is 1. The molecule has 10 nitrogen and oxygen atoms in total. The van der Waals surface area contributed by atoms with Crippen LogP contribution in [0.25, 0.3) is 16.7 Å². The van der Waals surface area contributed by atoms with Crippen molar-refractivity contribution in [3.05, 3.63) is 52.7 Å². The van der Waals surface area contributed by atoms with Gasteiger partial charge in [-0.15, -0.1) is 0 Å². The van der Waals surface area contributed by atoms with Gasteiger partial charge in [-0.1, -0.05) is 0 Å². The molecule has 2 aliphatic heterocycles. The monoisotopic (exact) mass is 526 g/mol. The zero-order chi connectivity index (χ0) is 26.7. The summed E-state index contributed by atoms with van der Waals surface area (Å²) < 4.78 is 29.8. The first-order chi connectivity index (χ1) is 18.1. The number of rotatable bonds is 5. The van der Waals surface area contributed by atoms with Crippen LogP contribution in [-0.4, -0.2) is 83.8 Å². The van der Waals surface area contributed by atoms with E-state index in [1.807, 2.05) is 0 Å². The second kappa shape index (κ2) is 8.97. The van der Waals surface area contributed by atoms with Crippen LogP contribution in [0.3, 0.4) is 0 Å². The van der Waals surface area contributed by atoms with E-state index in [9.17, 15) is 28.3 Å². The van der Waals surface area contributed by atoms with Crippen LogP contribution < -0.4 is 5.56 Å². The standard InChI is InChI=1S/C26H28F2N6O4/c27-26(28)9-12-32(15-26)23(36)18-3-5-19(6-4-18)34-21-20(13-30-34)24(37)33(16-29-21)14-25(38)7-10-31(11-8-25)22(35)17-1-2-17/h3-6,13,16-17,38H,1-2,7-12,14-15H2. The number of hydrogen-bond donors (Lipinski definition) is 1. The molecule has 1 N–H and O–H groups in total. The Balaban J connectivity index is 1.17. The van der Waals surface area contributed by atoms with E-state index in [2.05, 4.69) is 10.1 Å². The lowest BCUT2D eigenvalue weighted by Gasteiger charge is -2.38. The summed E-state index contributed by atoms with van der Waals surface area (Å²) in [5.74, 6) is -3.01. The molecule has 2 amide bonds. The third-order valence-corrected chi connectivity index (χ3v) is 7.77. The predicted molar refractivity (Wildman–Crippen MR) is 132 cm³/mol. The van der Waals surface area contributed by atoms with Crippen molar-refractivity contribution in [2.24, 2.45) is 5.92 Å². The summed E-state index contributed by atoms with van der Waals surface area (Å²) >= 11 is 0. The van der Waals surface area contributed by atoms with Crippen LogP contribution in [0.2, 0.25) is 0 Å². The first-order valence-corrected chi connectivity index (χ1v) is 12.8. The van der Waals surface area contributed by atoms with Crippen LogP contribution in [0.1, 0.15) is 42.5 Å². The molecule has 3 aliphatic rings. The fourth-order valence-corrected chi connectivity index (χ4v) is 5.29. The molecule has 0 spiro atoms. The minimum absolute atomic E-state index is 0.0134. The molecule has 0 atom stereocenters. The summed E-state index contributed by atoms with van der Waals surface area (Å²) in [6, 6.07) is 6.33. The van der Waals surface area contributed by atoms with Gasteiger partial charge in [0.05, 0.1) is 30.6 Å². The molecular formula is C26H28F2N6O4. The molecule has 200 valence electrons. The molecule has 38 heavy (non-hydrogen) atoms. The summed E-state index contributed by atoms with van der Waals surface area (Å²) in [5.41, 5.74) is -0.290. The number of likely N-dealkylation sites (tertiary alicyclic amines) is 2. The number of benzene rings is 1. The van der Waals surface area contributed by atoms with Gasteiger partial charge in [0.1, 0.15) is 11.7 Å². The quantitative estimate of drug-likeness (QED) is 0.543. The van der Waals surface area contributed by atoms with Gasteiger partial charge < -0.3 is 14.9 Å². The summed E-state index contributed by atoms with van der Waals surface area (Å²) in [5, 5.41) is 15.7. The maximum atomic E-state index is 13.5. The lowest BCUT2D eigenvalue weighted by Crippen LogP contribution is -2.50. The van der Waals surface area contributed by atoms with Crippen LogP contribution in [-0.2, 0) is 11.3 Å². The Labute approximate surface area is 216 Å². The van der Waals surface area contributed by atoms with Crippen molar-refractivity contribution in [2.45, 2.75) is 50.2 Å². The molecule has 4 heterocycles. The third-order valence-electron chi connectivity index (χ3n) is 7.77. The van der Waals surface area contributed by atoms with E-state index in [0.29, 0.717) is 37.3 Å². The molecule has 1 aliphatic carbocycles. The van der Waals surface area contributed by atoms with E-state index in [0.717, 1.165) is 17.7 Å². The number of amides is 2. The van der Waals surface area contributed by atoms with Crippen molar-refractivity contribution in [1.29, 1.82) is 0 Å². The van der Waals surface area contributed by atoms with Crippen molar-refractivity contribution in [1.82, 2.24) is 29.1 Å². The topological polar surface area (TPSA) is 114 Å². The van der Waals surface area contributed by atoms with Crippen LogP contribution in [0.15, 0.2) is 41.6 Å². The Morgan fingerprint density at radius 2 is 1.71 bits per heavy atom. The Morgan fingerprint density at radius 3 is 2.34 bits per heavy atom. The number of aromatic nitrogens is 4. The zero-order valence-corrected chi connectivity index (χ0v) is 20.7. The van der Waals surface area contributed by atoms with Crippen molar-refractivity contribution in [3.8, 4) is 5.69 Å². The average molecular weight is 527 g/mol. The summed E-state index contributed by atoms with van der Waals surface area (Å²) in [4.78, 5) is 45.4. The van der Waals surface area contributed by atoms with Crippen LogP contribution >= 0.6 is 0 Å². The first-order valence-electron chi connectivity index (χ1n) is 12.8.